The molecule has 0 amide bonds. The Morgan fingerprint density at radius 3 is 2.56 bits per heavy atom. The second-order valence-corrected chi connectivity index (χ2v) is 9.55. The maximum Gasteiger partial charge on any atom is 0.162 e. The highest BCUT2D eigenvalue weighted by molar-refractivity contribution is 6.16. The second kappa shape index (κ2) is 8.95. The smallest absolute Gasteiger partial charge is 0.162 e. The highest BCUT2D eigenvalue weighted by Crippen LogP contribution is 2.41. The van der Waals surface area contributed by atoms with Crippen molar-refractivity contribution < 1.29 is 9.53 Å². The lowest BCUT2D eigenvalue weighted by Crippen LogP contribution is -2.27. The maximum atomic E-state index is 12.7. The molecule has 182 valence electrons. The SMILES string of the molecule is CC(=O)c1cncc2c1c1ncc(-c3c(C)nnn3C)cc1n2[C@H](c1ccccc1)C1CCOCC1. The van der Waals surface area contributed by atoms with Crippen molar-refractivity contribution in [3.63, 3.8) is 0 Å². The van der Waals surface area contributed by atoms with Crippen LogP contribution in [0.3, 0.4) is 0 Å². The topological polar surface area (TPSA) is 87.7 Å². The molecule has 6 rings (SSSR count). The minimum Gasteiger partial charge on any atom is -0.381 e. The van der Waals surface area contributed by atoms with Gasteiger partial charge in [-0.15, -0.1) is 5.10 Å². The van der Waals surface area contributed by atoms with E-state index >= 15 is 0 Å². The van der Waals surface area contributed by atoms with Gasteiger partial charge in [-0.05, 0) is 44.2 Å². The van der Waals surface area contributed by atoms with Gasteiger partial charge in [0, 0.05) is 49.2 Å². The standard InChI is InChI=1S/C28H28N6O2/c1-17-27(33(3)32-31-17)21-13-23-26(30-14-21)25-22(18(2)35)15-29-16-24(25)34(23)28(19-7-5-4-6-8-19)20-9-11-36-12-10-20/h4-8,13-16,20,28H,9-12H2,1-3H3/t28-/m1/s1. The number of benzene rings is 1. The van der Waals surface area contributed by atoms with Gasteiger partial charge in [0.15, 0.2) is 5.78 Å². The number of carbonyl (C=O) groups excluding carboxylic acids is 1. The summed E-state index contributed by atoms with van der Waals surface area (Å²) in [7, 11) is 1.89. The summed E-state index contributed by atoms with van der Waals surface area (Å²) in [5.74, 6) is 0.344. The molecule has 0 spiro atoms. The maximum absolute atomic E-state index is 12.7. The summed E-state index contributed by atoms with van der Waals surface area (Å²) in [6, 6.07) is 12.8. The third-order valence-corrected chi connectivity index (χ3v) is 7.33. The van der Waals surface area contributed by atoms with Gasteiger partial charge < -0.3 is 9.30 Å². The average Bonchev–Trinajstić information content (AvgIpc) is 3.41. The Balaban J connectivity index is 1.71. The number of ketones is 1. The first kappa shape index (κ1) is 22.5. The van der Waals surface area contributed by atoms with E-state index in [9.17, 15) is 4.79 Å². The summed E-state index contributed by atoms with van der Waals surface area (Å²) < 4.78 is 9.86. The summed E-state index contributed by atoms with van der Waals surface area (Å²) >= 11 is 0. The summed E-state index contributed by atoms with van der Waals surface area (Å²) in [6.07, 6.45) is 7.30. The number of pyridine rings is 2. The van der Waals surface area contributed by atoms with E-state index in [0.717, 1.165) is 64.9 Å². The highest BCUT2D eigenvalue weighted by atomic mass is 16.5. The van der Waals surface area contributed by atoms with Crippen molar-refractivity contribution in [1.82, 2.24) is 29.5 Å². The van der Waals surface area contributed by atoms with Gasteiger partial charge in [0.05, 0.1) is 40.2 Å². The van der Waals surface area contributed by atoms with Crippen molar-refractivity contribution in [3.05, 3.63) is 71.8 Å². The fourth-order valence-electron chi connectivity index (χ4n) is 5.71. The molecule has 5 heterocycles. The minimum absolute atomic E-state index is 0.0213. The van der Waals surface area contributed by atoms with E-state index < -0.39 is 0 Å². The average molecular weight is 481 g/mol. The number of fused-ring (bicyclic) bond motifs is 3. The van der Waals surface area contributed by atoms with E-state index in [4.69, 9.17) is 9.72 Å². The Bertz CT molecular complexity index is 1560. The van der Waals surface area contributed by atoms with Crippen molar-refractivity contribution >= 4 is 27.7 Å². The van der Waals surface area contributed by atoms with Crippen LogP contribution in [-0.4, -0.2) is 48.5 Å². The van der Waals surface area contributed by atoms with Crippen LogP contribution in [0.1, 0.15) is 47.4 Å². The van der Waals surface area contributed by atoms with Gasteiger partial charge in [-0.1, -0.05) is 35.5 Å². The molecule has 1 atom stereocenters. The van der Waals surface area contributed by atoms with Gasteiger partial charge in [-0.25, -0.2) is 4.68 Å². The van der Waals surface area contributed by atoms with Crippen LogP contribution in [0, 0.1) is 12.8 Å². The van der Waals surface area contributed by atoms with Gasteiger partial charge in [-0.2, -0.15) is 0 Å². The van der Waals surface area contributed by atoms with E-state index in [1.165, 1.54) is 5.56 Å². The molecule has 1 aromatic carbocycles. The van der Waals surface area contributed by atoms with Gasteiger partial charge in [0.1, 0.15) is 0 Å². The fraction of sp³-hybridized carbons (Fsp3) is 0.321. The first-order valence-corrected chi connectivity index (χ1v) is 12.3. The second-order valence-electron chi connectivity index (χ2n) is 9.55. The zero-order valence-corrected chi connectivity index (χ0v) is 20.7. The predicted molar refractivity (Wildman–Crippen MR) is 138 cm³/mol. The lowest BCUT2D eigenvalue weighted by Gasteiger charge is -2.33. The highest BCUT2D eigenvalue weighted by Gasteiger charge is 2.31. The van der Waals surface area contributed by atoms with Crippen LogP contribution in [0.15, 0.2) is 55.0 Å². The monoisotopic (exact) mass is 480 g/mol. The zero-order valence-electron chi connectivity index (χ0n) is 20.7. The van der Waals surface area contributed by atoms with Gasteiger partial charge >= 0.3 is 0 Å². The van der Waals surface area contributed by atoms with Crippen molar-refractivity contribution in [3.8, 4) is 11.3 Å². The fourth-order valence-corrected chi connectivity index (χ4v) is 5.71. The Kier molecular flexibility index (Phi) is 5.60. The number of nitrogens with zero attached hydrogens (tertiary/aromatic N) is 6. The molecule has 5 aromatic rings. The van der Waals surface area contributed by atoms with Crippen LogP contribution < -0.4 is 0 Å². The van der Waals surface area contributed by atoms with Crippen LogP contribution in [0.5, 0.6) is 0 Å². The number of aromatic nitrogens is 6. The number of carbonyl (C=O) groups is 1. The number of hydrogen-bond donors (Lipinski definition) is 0. The number of Topliss-reactive ketones (excluding diaryl/α,β-unsaturated/α-hetero) is 1. The quantitative estimate of drug-likeness (QED) is 0.332. The molecule has 1 fully saturated rings. The molecule has 0 N–H and O–H groups in total. The predicted octanol–water partition coefficient (Wildman–Crippen LogP) is 4.91. The van der Waals surface area contributed by atoms with Gasteiger partial charge in [0.25, 0.3) is 0 Å². The largest absolute Gasteiger partial charge is 0.381 e. The van der Waals surface area contributed by atoms with Crippen molar-refractivity contribution in [1.29, 1.82) is 0 Å². The summed E-state index contributed by atoms with van der Waals surface area (Å²) in [6.45, 7) is 5.03. The molecule has 1 saturated heterocycles. The van der Waals surface area contributed by atoms with E-state index in [1.807, 2.05) is 32.4 Å². The van der Waals surface area contributed by atoms with Crippen LogP contribution in [-0.2, 0) is 11.8 Å². The molecule has 36 heavy (non-hydrogen) atoms. The van der Waals surface area contributed by atoms with Crippen molar-refractivity contribution in [2.45, 2.75) is 32.7 Å². The molecule has 0 radical (unpaired) electrons. The third kappa shape index (κ3) is 3.60. The lowest BCUT2D eigenvalue weighted by molar-refractivity contribution is 0.0553. The number of rotatable bonds is 5. The minimum atomic E-state index is -0.0213. The Hall–Kier alpha value is -3.91. The Morgan fingerprint density at radius 2 is 1.86 bits per heavy atom. The van der Waals surface area contributed by atoms with Crippen LogP contribution in [0.25, 0.3) is 33.2 Å². The van der Waals surface area contributed by atoms with Crippen LogP contribution in [0.4, 0.5) is 0 Å². The molecule has 1 aliphatic heterocycles. The molecule has 8 nitrogen and oxygen atoms in total. The molecule has 8 heteroatoms. The number of ether oxygens (including phenoxy) is 1. The summed E-state index contributed by atoms with van der Waals surface area (Å²) in [5, 5.41) is 9.29. The number of aryl methyl sites for hydroxylation is 2. The molecule has 0 saturated carbocycles. The molecule has 0 unspecified atom stereocenters. The first-order chi connectivity index (χ1) is 17.5. The molecule has 4 aromatic heterocycles. The Morgan fingerprint density at radius 1 is 1.08 bits per heavy atom. The molecular weight excluding hydrogens is 452 g/mol. The number of hydrogen-bond acceptors (Lipinski definition) is 6. The summed E-state index contributed by atoms with van der Waals surface area (Å²) in [5.41, 5.74) is 7.22. The van der Waals surface area contributed by atoms with E-state index in [0.29, 0.717) is 11.5 Å². The summed E-state index contributed by atoms with van der Waals surface area (Å²) in [4.78, 5) is 22.1. The van der Waals surface area contributed by atoms with Gasteiger partial charge in [0.2, 0.25) is 0 Å². The van der Waals surface area contributed by atoms with E-state index in [2.05, 4.69) is 50.2 Å². The van der Waals surface area contributed by atoms with Crippen LogP contribution in [0.2, 0.25) is 0 Å². The lowest BCUT2D eigenvalue weighted by atomic mass is 9.86. The molecule has 1 aliphatic rings. The van der Waals surface area contributed by atoms with Crippen molar-refractivity contribution in [2.75, 3.05) is 13.2 Å². The first-order valence-electron chi connectivity index (χ1n) is 12.3. The zero-order chi connectivity index (χ0) is 24.8. The van der Waals surface area contributed by atoms with E-state index in [1.54, 1.807) is 17.8 Å². The molecule has 0 bridgehead atoms. The van der Waals surface area contributed by atoms with Gasteiger partial charge in [-0.3, -0.25) is 14.8 Å². The van der Waals surface area contributed by atoms with E-state index in [-0.39, 0.29) is 11.8 Å². The molecular formula is C28H28N6O2. The van der Waals surface area contributed by atoms with Crippen LogP contribution >= 0.6 is 0 Å². The van der Waals surface area contributed by atoms with Crippen molar-refractivity contribution in [2.24, 2.45) is 13.0 Å². The Labute approximate surface area is 208 Å². The molecule has 0 aliphatic carbocycles. The normalized spacial score (nSPS) is 15.5. The third-order valence-electron chi connectivity index (χ3n) is 7.33.